The van der Waals surface area contributed by atoms with Gasteiger partial charge in [-0.3, -0.25) is 0 Å². The number of rotatable bonds is 1. The van der Waals surface area contributed by atoms with E-state index < -0.39 is 5.60 Å². The third kappa shape index (κ3) is 1.25. The Labute approximate surface area is 90.2 Å². The summed E-state index contributed by atoms with van der Waals surface area (Å²) in [7, 11) is 0. The lowest BCUT2D eigenvalue weighted by Gasteiger charge is -2.60. The van der Waals surface area contributed by atoms with Gasteiger partial charge in [0, 0.05) is 5.41 Å². The van der Waals surface area contributed by atoms with Crippen molar-refractivity contribution in [3.8, 4) is 0 Å². The van der Waals surface area contributed by atoms with E-state index in [4.69, 9.17) is 5.21 Å². The van der Waals surface area contributed by atoms with Gasteiger partial charge in [0.1, 0.15) is 0 Å². The highest BCUT2D eigenvalue weighted by molar-refractivity contribution is 5.88. The van der Waals surface area contributed by atoms with Crippen molar-refractivity contribution >= 4 is 5.71 Å². The Bertz CT molecular complexity index is 310. The maximum Gasteiger partial charge on any atom is 0.0662 e. The van der Waals surface area contributed by atoms with Gasteiger partial charge in [0.05, 0.1) is 11.3 Å². The topological polar surface area (TPSA) is 52.8 Å². The largest absolute Gasteiger partial charge is 0.411 e. The normalized spacial score (nSPS) is 53.6. The minimum absolute atomic E-state index is 0.0214. The van der Waals surface area contributed by atoms with Crippen molar-refractivity contribution in [1.82, 2.24) is 0 Å². The number of hydrogen-bond donors (Lipinski definition) is 2. The zero-order valence-corrected chi connectivity index (χ0v) is 9.24. The molecule has 4 saturated carbocycles. The van der Waals surface area contributed by atoms with Crippen molar-refractivity contribution in [2.45, 2.75) is 51.0 Å². The Morgan fingerprint density at radius 1 is 1.20 bits per heavy atom. The Balaban J connectivity index is 1.99. The highest BCUT2D eigenvalue weighted by atomic mass is 16.4. The van der Waals surface area contributed by atoms with Crippen LogP contribution in [0.2, 0.25) is 0 Å². The summed E-state index contributed by atoms with van der Waals surface area (Å²) in [5, 5.41) is 22.9. The average molecular weight is 209 g/mol. The summed E-state index contributed by atoms with van der Waals surface area (Å²) in [5.74, 6) is 1.32. The summed E-state index contributed by atoms with van der Waals surface area (Å²) in [5.41, 5.74) is 0.416. The molecule has 0 aromatic carbocycles. The Kier molecular flexibility index (Phi) is 1.77. The van der Waals surface area contributed by atoms with Crippen molar-refractivity contribution in [2.24, 2.45) is 22.4 Å². The van der Waals surface area contributed by atoms with Gasteiger partial charge in [-0.1, -0.05) is 5.16 Å². The van der Waals surface area contributed by atoms with Crippen LogP contribution in [-0.4, -0.2) is 21.6 Å². The van der Waals surface area contributed by atoms with E-state index in [2.05, 4.69) is 5.16 Å². The zero-order chi connectivity index (χ0) is 10.7. The fourth-order valence-corrected chi connectivity index (χ4v) is 4.74. The van der Waals surface area contributed by atoms with Crippen LogP contribution < -0.4 is 0 Å². The Morgan fingerprint density at radius 3 is 2.27 bits per heavy atom. The fourth-order valence-electron chi connectivity index (χ4n) is 4.74. The summed E-state index contributed by atoms with van der Waals surface area (Å²) in [4.78, 5) is 0. The first-order valence-electron chi connectivity index (χ1n) is 5.97. The lowest BCUT2D eigenvalue weighted by Crippen LogP contribution is -2.57. The molecule has 0 saturated heterocycles. The Morgan fingerprint density at radius 2 is 1.80 bits per heavy atom. The molecule has 3 nitrogen and oxygen atoms in total. The summed E-state index contributed by atoms with van der Waals surface area (Å²) in [6, 6.07) is 0. The van der Waals surface area contributed by atoms with E-state index in [1.807, 2.05) is 6.92 Å². The van der Waals surface area contributed by atoms with Crippen LogP contribution in [0.4, 0.5) is 0 Å². The van der Waals surface area contributed by atoms with E-state index in [0.29, 0.717) is 11.8 Å². The summed E-state index contributed by atoms with van der Waals surface area (Å²) in [6.45, 7) is 1.91. The van der Waals surface area contributed by atoms with Crippen molar-refractivity contribution in [2.75, 3.05) is 0 Å². The van der Waals surface area contributed by atoms with Gasteiger partial charge in [-0.15, -0.1) is 0 Å². The first kappa shape index (κ1) is 9.64. The standard InChI is InChI=1S/C12H19NO2/c1-8(13-15)11-3-9-2-10(4-11)6-12(14,5-9)7-11/h9-10,14-15H,2-7H2,1H3. The summed E-state index contributed by atoms with van der Waals surface area (Å²) < 4.78 is 0. The molecule has 4 aliphatic rings. The molecule has 0 heterocycles. The van der Waals surface area contributed by atoms with E-state index in [-0.39, 0.29) is 5.41 Å². The van der Waals surface area contributed by atoms with Gasteiger partial charge in [0.2, 0.25) is 0 Å². The van der Waals surface area contributed by atoms with Crippen LogP contribution in [0, 0.1) is 17.3 Å². The van der Waals surface area contributed by atoms with Crippen LogP contribution >= 0.6 is 0 Å². The highest BCUT2D eigenvalue weighted by Crippen LogP contribution is 2.61. The van der Waals surface area contributed by atoms with Crippen LogP contribution in [0.3, 0.4) is 0 Å². The predicted molar refractivity (Wildman–Crippen MR) is 57.0 cm³/mol. The molecule has 0 amide bonds. The van der Waals surface area contributed by atoms with E-state index >= 15 is 0 Å². The predicted octanol–water partition coefficient (Wildman–Crippen LogP) is 2.17. The van der Waals surface area contributed by atoms with Gasteiger partial charge in [-0.2, -0.15) is 0 Å². The van der Waals surface area contributed by atoms with Crippen LogP contribution in [0.15, 0.2) is 5.16 Å². The van der Waals surface area contributed by atoms with Crippen molar-refractivity contribution < 1.29 is 10.3 Å². The van der Waals surface area contributed by atoms with Gasteiger partial charge >= 0.3 is 0 Å². The maximum atomic E-state index is 10.5. The van der Waals surface area contributed by atoms with Crippen LogP contribution in [0.25, 0.3) is 0 Å². The van der Waals surface area contributed by atoms with E-state index in [0.717, 1.165) is 37.8 Å². The molecule has 2 atom stereocenters. The zero-order valence-electron chi connectivity index (χ0n) is 9.24. The number of aliphatic hydroxyl groups is 1. The SMILES string of the molecule is CC(=NO)C12CC3CC(CC(O)(C3)C1)C2. The molecule has 84 valence electrons. The smallest absolute Gasteiger partial charge is 0.0662 e. The van der Waals surface area contributed by atoms with Crippen LogP contribution in [0.1, 0.15) is 45.4 Å². The molecule has 0 aliphatic heterocycles. The average Bonchev–Trinajstić information content (AvgIpc) is 2.12. The summed E-state index contributed by atoms with van der Waals surface area (Å²) in [6.07, 6.45) is 6.31. The van der Waals surface area contributed by atoms with Gasteiger partial charge < -0.3 is 10.3 Å². The molecule has 4 bridgehead atoms. The molecule has 3 heteroatoms. The molecule has 0 aromatic heterocycles. The molecule has 2 unspecified atom stereocenters. The fraction of sp³-hybridized carbons (Fsp3) is 0.917. The molecule has 4 aliphatic carbocycles. The number of nitrogens with zero attached hydrogens (tertiary/aromatic N) is 1. The van der Waals surface area contributed by atoms with E-state index in [9.17, 15) is 5.11 Å². The highest BCUT2D eigenvalue weighted by Gasteiger charge is 2.58. The monoisotopic (exact) mass is 209 g/mol. The third-order valence-corrected chi connectivity index (χ3v) is 4.95. The molecule has 0 aromatic rings. The lowest BCUT2D eigenvalue weighted by atomic mass is 9.47. The lowest BCUT2D eigenvalue weighted by molar-refractivity contribution is -0.142. The van der Waals surface area contributed by atoms with Gasteiger partial charge in [0.25, 0.3) is 0 Å². The minimum atomic E-state index is -0.448. The van der Waals surface area contributed by atoms with Crippen molar-refractivity contribution in [3.63, 3.8) is 0 Å². The van der Waals surface area contributed by atoms with Gasteiger partial charge in [0.15, 0.2) is 0 Å². The second kappa shape index (κ2) is 2.76. The van der Waals surface area contributed by atoms with Gasteiger partial charge in [-0.25, -0.2) is 0 Å². The summed E-state index contributed by atoms with van der Waals surface area (Å²) >= 11 is 0. The molecule has 0 spiro atoms. The molecule has 4 rings (SSSR count). The number of hydrogen-bond acceptors (Lipinski definition) is 3. The first-order chi connectivity index (χ1) is 7.05. The molecule has 4 fully saturated rings. The maximum absolute atomic E-state index is 10.5. The second-order valence-corrected chi connectivity index (χ2v) is 6.15. The number of oxime groups is 1. The van der Waals surface area contributed by atoms with Crippen LogP contribution in [-0.2, 0) is 0 Å². The van der Waals surface area contributed by atoms with E-state index in [1.165, 1.54) is 6.42 Å². The van der Waals surface area contributed by atoms with Crippen LogP contribution in [0.5, 0.6) is 0 Å². The molecular weight excluding hydrogens is 190 g/mol. The molecular formula is C12H19NO2. The minimum Gasteiger partial charge on any atom is -0.411 e. The third-order valence-electron chi connectivity index (χ3n) is 4.95. The Hall–Kier alpha value is -0.570. The second-order valence-electron chi connectivity index (χ2n) is 6.15. The van der Waals surface area contributed by atoms with Gasteiger partial charge in [-0.05, 0) is 57.3 Å². The first-order valence-corrected chi connectivity index (χ1v) is 5.97. The van der Waals surface area contributed by atoms with Crippen molar-refractivity contribution in [1.29, 1.82) is 0 Å². The molecule has 0 radical (unpaired) electrons. The van der Waals surface area contributed by atoms with E-state index in [1.54, 1.807) is 0 Å². The molecule has 15 heavy (non-hydrogen) atoms. The molecule has 2 N–H and O–H groups in total. The quantitative estimate of drug-likeness (QED) is 0.395. The van der Waals surface area contributed by atoms with Crippen molar-refractivity contribution in [3.05, 3.63) is 0 Å².